The van der Waals surface area contributed by atoms with Crippen LogP contribution in [0.4, 0.5) is 0 Å². The molecule has 1 N–H and O–H groups in total. The number of likely N-dealkylation sites (tertiary alicyclic amines) is 1. The molecule has 0 bridgehead atoms. The molecule has 3 aromatic rings. The van der Waals surface area contributed by atoms with E-state index in [0.717, 1.165) is 29.8 Å². The van der Waals surface area contributed by atoms with E-state index in [1.807, 2.05) is 17.9 Å². The fourth-order valence-corrected chi connectivity index (χ4v) is 3.72. The highest BCUT2D eigenvalue weighted by Crippen LogP contribution is 2.38. The number of aromatic amines is 1. The smallest absolute Gasteiger partial charge is 0.258 e. The summed E-state index contributed by atoms with van der Waals surface area (Å²) < 4.78 is 10.7. The lowest BCUT2D eigenvalue weighted by atomic mass is 10.0. The number of benzene rings is 1. The number of H-pyrrole nitrogens is 1. The zero-order valence-electron chi connectivity index (χ0n) is 15.0. The molecule has 1 aliphatic rings. The maximum Gasteiger partial charge on any atom is 0.258 e. The Morgan fingerprint density at radius 1 is 1.41 bits per heavy atom. The normalized spacial score (nSPS) is 16.7. The van der Waals surface area contributed by atoms with Crippen molar-refractivity contribution in [3.8, 4) is 17.1 Å². The largest absolute Gasteiger partial charge is 0.496 e. The van der Waals surface area contributed by atoms with Gasteiger partial charge in [-0.3, -0.25) is 9.89 Å². The van der Waals surface area contributed by atoms with Gasteiger partial charge in [-0.25, -0.2) is 0 Å². The summed E-state index contributed by atoms with van der Waals surface area (Å²) in [5.41, 5.74) is 2.91. The molecule has 2 aromatic heterocycles. The molecule has 0 saturated carbocycles. The number of amides is 1. The van der Waals surface area contributed by atoms with Crippen LogP contribution < -0.4 is 4.74 Å². The van der Waals surface area contributed by atoms with Gasteiger partial charge < -0.3 is 14.2 Å². The van der Waals surface area contributed by atoms with Crippen molar-refractivity contribution in [3.63, 3.8) is 0 Å². The number of carbonyl (C=O) groups excluding carboxylic acids is 1. The van der Waals surface area contributed by atoms with E-state index in [1.165, 1.54) is 0 Å². The molecule has 7 nitrogen and oxygen atoms in total. The van der Waals surface area contributed by atoms with E-state index in [0.29, 0.717) is 28.6 Å². The molecule has 0 unspecified atom stereocenters. The van der Waals surface area contributed by atoms with Crippen LogP contribution >= 0.6 is 11.6 Å². The summed E-state index contributed by atoms with van der Waals surface area (Å²) in [6, 6.07) is 6.78. The van der Waals surface area contributed by atoms with Gasteiger partial charge in [-0.2, -0.15) is 5.10 Å². The monoisotopic (exact) mass is 386 g/mol. The van der Waals surface area contributed by atoms with Gasteiger partial charge in [0, 0.05) is 17.6 Å². The zero-order chi connectivity index (χ0) is 19.0. The lowest BCUT2D eigenvalue weighted by Crippen LogP contribution is -2.31. The van der Waals surface area contributed by atoms with E-state index in [4.69, 9.17) is 20.9 Å². The molecule has 8 heteroatoms. The molecule has 4 rings (SSSR count). The number of rotatable bonds is 4. The SMILES string of the molecule is COc1ccc(Cl)cc1C(=O)N1CCC[C@H]1c1[nH]ncc1-c1cc(C)no1. The van der Waals surface area contributed by atoms with Crippen LogP contribution in [-0.4, -0.2) is 39.8 Å². The number of aryl methyl sites for hydroxylation is 1. The van der Waals surface area contributed by atoms with Crippen LogP contribution in [0.1, 0.15) is 40.6 Å². The van der Waals surface area contributed by atoms with Crippen molar-refractivity contribution in [3.05, 3.63) is 52.4 Å². The molecule has 3 heterocycles. The van der Waals surface area contributed by atoms with E-state index >= 15 is 0 Å². The van der Waals surface area contributed by atoms with E-state index in [2.05, 4.69) is 15.4 Å². The quantitative estimate of drug-likeness (QED) is 0.732. The Hall–Kier alpha value is -2.80. The zero-order valence-corrected chi connectivity index (χ0v) is 15.8. The van der Waals surface area contributed by atoms with Gasteiger partial charge in [0.2, 0.25) is 0 Å². The fraction of sp³-hybridized carbons (Fsp3) is 0.316. The Morgan fingerprint density at radius 2 is 2.26 bits per heavy atom. The Labute approximate surface area is 161 Å². The molecule has 1 aromatic carbocycles. The Balaban J connectivity index is 1.69. The molecular formula is C19H19ClN4O3. The van der Waals surface area contributed by atoms with Crippen LogP contribution in [0.15, 0.2) is 35.0 Å². The first-order chi connectivity index (χ1) is 13.1. The molecule has 0 spiro atoms. The number of aromatic nitrogens is 3. The number of methoxy groups -OCH3 is 1. The Morgan fingerprint density at radius 3 is 3.00 bits per heavy atom. The molecule has 1 saturated heterocycles. The van der Waals surface area contributed by atoms with Gasteiger partial charge in [0.1, 0.15) is 5.75 Å². The van der Waals surface area contributed by atoms with E-state index < -0.39 is 0 Å². The molecule has 0 aliphatic carbocycles. The first-order valence-corrected chi connectivity index (χ1v) is 9.07. The number of nitrogens with one attached hydrogen (secondary N) is 1. The van der Waals surface area contributed by atoms with Gasteiger partial charge in [0.15, 0.2) is 5.76 Å². The van der Waals surface area contributed by atoms with Crippen molar-refractivity contribution in [1.29, 1.82) is 0 Å². The minimum absolute atomic E-state index is 0.119. The number of hydrogen-bond acceptors (Lipinski definition) is 5. The van der Waals surface area contributed by atoms with E-state index in [-0.39, 0.29) is 11.9 Å². The van der Waals surface area contributed by atoms with E-state index in [9.17, 15) is 4.79 Å². The second kappa shape index (κ2) is 7.08. The van der Waals surface area contributed by atoms with Crippen molar-refractivity contribution >= 4 is 17.5 Å². The van der Waals surface area contributed by atoms with Gasteiger partial charge >= 0.3 is 0 Å². The summed E-state index contributed by atoms with van der Waals surface area (Å²) >= 11 is 6.11. The number of halogens is 1. The first kappa shape index (κ1) is 17.6. The molecule has 27 heavy (non-hydrogen) atoms. The van der Waals surface area contributed by atoms with Crippen LogP contribution in [0.5, 0.6) is 5.75 Å². The summed E-state index contributed by atoms with van der Waals surface area (Å²) in [6.07, 6.45) is 3.43. The molecule has 1 atom stereocenters. The topological polar surface area (TPSA) is 84.2 Å². The maximum atomic E-state index is 13.3. The van der Waals surface area contributed by atoms with Crippen molar-refractivity contribution in [2.75, 3.05) is 13.7 Å². The molecule has 0 radical (unpaired) electrons. The van der Waals surface area contributed by atoms with Crippen LogP contribution in [-0.2, 0) is 0 Å². The second-order valence-electron chi connectivity index (χ2n) is 6.53. The minimum atomic E-state index is -0.135. The highest BCUT2D eigenvalue weighted by atomic mass is 35.5. The van der Waals surface area contributed by atoms with Crippen LogP contribution in [0.3, 0.4) is 0 Å². The molecule has 1 fully saturated rings. The maximum absolute atomic E-state index is 13.3. The van der Waals surface area contributed by atoms with Crippen molar-refractivity contribution in [2.24, 2.45) is 0 Å². The fourth-order valence-electron chi connectivity index (χ4n) is 3.55. The van der Waals surface area contributed by atoms with E-state index in [1.54, 1.807) is 31.5 Å². The third-order valence-corrected chi connectivity index (χ3v) is 5.04. The van der Waals surface area contributed by atoms with Crippen molar-refractivity contribution < 1.29 is 14.1 Å². The summed E-state index contributed by atoms with van der Waals surface area (Å²) in [6.45, 7) is 2.51. The molecule has 1 amide bonds. The molecule has 1 aliphatic heterocycles. The molecular weight excluding hydrogens is 368 g/mol. The second-order valence-corrected chi connectivity index (χ2v) is 6.97. The Kier molecular flexibility index (Phi) is 4.61. The van der Waals surface area contributed by atoms with Crippen molar-refractivity contribution in [2.45, 2.75) is 25.8 Å². The average molecular weight is 387 g/mol. The van der Waals surface area contributed by atoms with Gasteiger partial charge in [-0.1, -0.05) is 16.8 Å². The predicted octanol–water partition coefficient (Wildman–Crippen LogP) is 4.01. The van der Waals surface area contributed by atoms with Gasteiger partial charge in [-0.15, -0.1) is 0 Å². The number of carbonyl (C=O) groups is 1. The van der Waals surface area contributed by atoms with Crippen LogP contribution in [0.25, 0.3) is 11.3 Å². The van der Waals surface area contributed by atoms with Crippen LogP contribution in [0, 0.1) is 6.92 Å². The van der Waals surface area contributed by atoms with Gasteiger partial charge in [0.25, 0.3) is 5.91 Å². The lowest BCUT2D eigenvalue weighted by Gasteiger charge is -2.25. The number of ether oxygens (including phenoxy) is 1. The third kappa shape index (κ3) is 3.19. The number of nitrogens with zero attached hydrogens (tertiary/aromatic N) is 3. The standard InChI is InChI=1S/C19H19ClN4O3/c1-11-8-17(27-23-11)14-10-21-22-18(14)15-4-3-7-24(15)19(25)13-9-12(20)5-6-16(13)26-2/h5-6,8-10,15H,3-4,7H2,1-2H3,(H,21,22)/t15-/m0/s1. The van der Waals surface area contributed by atoms with Crippen molar-refractivity contribution in [1.82, 2.24) is 20.3 Å². The summed E-state index contributed by atoms with van der Waals surface area (Å²) in [5.74, 6) is 1.02. The number of hydrogen-bond donors (Lipinski definition) is 1. The van der Waals surface area contributed by atoms with Crippen LogP contribution in [0.2, 0.25) is 5.02 Å². The minimum Gasteiger partial charge on any atom is -0.496 e. The summed E-state index contributed by atoms with van der Waals surface area (Å²) in [5, 5.41) is 11.7. The molecule has 140 valence electrons. The lowest BCUT2D eigenvalue weighted by molar-refractivity contribution is 0.0729. The summed E-state index contributed by atoms with van der Waals surface area (Å²) in [4.78, 5) is 15.1. The van der Waals surface area contributed by atoms with Gasteiger partial charge in [-0.05, 0) is 38.0 Å². The summed E-state index contributed by atoms with van der Waals surface area (Å²) in [7, 11) is 1.54. The van der Waals surface area contributed by atoms with Gasteiger partial charge in [0.05, 0.1) is 41.9 Å². The Bertz CT molecular complexity index is 981. The average Bonchev–Trinajstić information content (AvgIpc) is 3.40. The first-order valence-electron chi connectivity index (χ1n) is 8.70. The third-order valence-electron chi connectivity index (χ3n) is 4.80. The highest BCUT2D eigenvalue weighted by molar-refractivity contribution is 6.31. The predicted molar refractivity (Wildman–Crippen MR) is 99.8 cm³/mol. The highest BCUT2D eigenvalue weighted by Gasteiger charge is 2.35.